The lowest BCUT2D eigenvalue weighted by molar-refractivity contribution is 0.104. The van der Waals surface area contributed by atoms with Gasteiger partial charge in [-0.1, -0.05) is 23.8 Å². The van der Waals surface area contributed by atoms with Crippen molar-refractivity contribution in [2.45, 2.75) is 6.92 Å². The van der Waals surface area contributed by atoms with Crippen LogP contribution in [0.5, 0.6) is 0 Å². The summed E-state index contributed by atoms with van der Waals surface area (Å²) < 4.78 is 0.971. The average molecular weight is 332 g/mol. The molecule has 2 rings (SSSR count). The monoisotopic (exact) mass is 331 g/mol. The summed E-state index contributed by atoms with van der Waals surface area (Å²) in [7, 11) is 0. The molecule has 0 saturated heterocycles. The third-order valence-corrected chi connectivity index (χ3v) is 4.10. The normalized spacial score (nSPS) is 11.1. The minimum absolute atomic E-state index is 0.153. The van der Waals surface area contributed by atoms with Crippen molar-refractivity contribution >= 4 is 39.1 Å². The molecule has 0 fully saturated rings. The van der Waals surface area contributed by atoms with Gasteiger partial charge in [0.25, 0.3) is 0 Å². The van der Waals surface area contributed by atoms with Gasteiger partial charge in [0.05, 0.1) is 3.79 Å². The molecule has 94 valence electrons. The van der Waals surface area contributed by atoms with E-state index in [1.807, 2.05) is 37.3 Å². The van der Waals surface area contributed by atoms with Gasteiger partial charge in [0.2, 0.25) is 5.78 Å². The highest BCUT2D eigenvalue weighted by Gasteiger charge is 2.12. The maximum Gasteiger partial charge on any atom is 0.203 e. The zero-order chi connectivity index (χ0) is 13.8. The first-order valence-corrected chi connectivity index (χ1v) is 7.19. The summed E-state index contributed by atoms with van der Waals surface area (Å²) in [6, 6.07) is 13.0. The van der Waals surface area contributed by atoms with E-state index < -0.39 is 0 Å². The third kappa shape index (κ3) is 3.40. The molecule has 0 atom stereocenters. The minimum atomic E-state index is -0.240. The molecule has 2 aromatic rings. The molecule has 0 aliphatic carbocycles. The number of thiophene rings is 1. The molecule has 0 spiro atoms. The summed E-state index contributed by atoms with van der Waals surface area (Å²) >= 11 is 4.84. The molecule has 0 amide bonds. The Balaban J connectivity index is 2.35. The van der Waals surface area contributed by atoms with Gasteiger partial charge in [0, 0.05) is 10.4 Å². The maximum atomic E-state index is 12.2. The molecule has 1 heterocycles. The second-order valence-corrected chi connectivity index (χ2v) is 6.50. The highest BCUT2D eigenvalue weighted by molar-refractivity contribution is 9.11. The van der Waals surface area contributed by atoms with Crippen LogP contribution in [0.25, 0.3) is 6.08 Å². The number of benzene rings is 1. The van der Waals surface area contributed by atoms with Crippen LogP contribution in [0.3, 0.4) is 0 Å². The molecule has 1 aromatic carbocycles. The Labute approximate surface area is 124 Å². The van der Waals surface area contributed by atoms with Crippen molar-refractivity contribution in [1.29, 1.82) is 5.26 Å². The smallest absolute Gasteiger partial charge is 0.203 e. The van der Waals surface area contributed by atoms with Gasteiger partial charge in [-0.2, -0.15) is 5.26 Å². The van der Waals surface area contributed by atoms with Crippen molar-refractivity contribution in [2.24, 2.45) is 0 Å². The lowest BCUT2D eigenvalue weighted by Crippen LogP contribution is -2.01. The van der Waals surface area contributed by atoms with Crippen LogP contribution in [0.2, 0.25) is 0 Å². The molecule has 0 saturated carbocycles. The van der Waals surface area contributed by atoms with Crippen molar-refractivity contribution in [1.82, 2.24) is 0 Å². The van der Waals surface area contributed by atoms with Crippen LogP contribution in [-0.2, 0) is 0 Å². The number of hydrogen-bond acceptors (Lipinski definition) is 3. The van der Waals surface area contributed by atoms with E-state index in [0.717, 1.165) is 14.2 Å². The Kier molecular flexibility index (Phi) is 4.31. The van der Waals surface area contributed by atoms with Gasteiger partial charge in [-0.05, 0) is 47.1 Å². The predicted octanol–water partition coefficient (Wildman–Crippen LogP) is 4.61. The largest absolute Gasteiger partial charge is 0.288 e. The summed E-state index contributed by atoms with van der Waals surface area (Å²) in [5.41, 5.74) is 1.70. The number of carbonyl (C=O) groups excluding carboxylic acids is 1. The molecule has 0 radical (unpaired) electrons. The zero-order valence-corrected chi connectivity index (χ0v) is 12.6. The third-order valence-electron chi connectivity index (χ3n) is 2.53. The van der Waals surface area contributed by atoms with Gasteiger partial charge >= 0.3 is 0 Å². The van der Waals surface area contributed by atoms with E-state index in [1.54, 1.807) is 18.2 Å². The lowest BCUT2D eigenvalue weighted by Gasteiger charge is -2.00. The summed E-state index contributed by atoms with van der Waals surface area (Å²) in [6.07, 6.45) is 1.63. The van der Waals surface area contributed by atoms with Gasteiger partial charge in [0.1, 0.15) is 11.6 Å². The Morgan fingerprint density at radius 1 is 1.37 bits per heavy atom. The number of carbonyl (C=O) groups is 1. The van der Waals surface area contributed by atoms with Crippen molar-refractivity contribution in [3.8, 4) is 6.07 Å². The number of Topliss-reactive ketones (excluding diaryl/α,β-unsaturated/α-hetero) is 1. The maximum absolute atomic E-state index is 12.2. The van der Waals surface area contributed by atoms with Crippen LogP contribution < -0.4 is 0 Å². The Hall–Kier alpha value is -1.70. The highest BCUT2D eigenvalue weighted by atomic mass is 79.9. The molecular formula is C15H10BrNOS. The van der Waals surface area contributed by atoms with Crippen LogP contribution in [0.4, 0.5) is 0 Å². The van der Waals surface area contributed by atoms with Crippen molar-refractivity contribution in [2.75, 3.05) is 0 Å². The van der Waals surface area contributed by atoms with Crippen LogP contribution >= 0.6 is 27.3 Å². The van der Waals surface area contributed by atoms with Crippen molar-refractivity contribution in [3.05, 3.63) is 61.8 Å². The molecule has 19 heavy (non-hydrogen) atoms. The summed E-state index contributed by atoms with van der Waals surface area (Å²) in [6.45, 7) is 1.92. The van der Waals surface area contributed by atoms with Crippen molar-refractivity contribution in [3.63, 3.8) is 0 Å². The molecular weight excluding hydrogens is 322 g/mol. The quantitative estimate of drug-likeness (QED) is 0.468. The molecule has 0 unspecified atom stereocenters. The number of nitrogens with zero attached hydrogens (tertiary/aromatic N) is 1. The molecule has 1 aromatic heterocycles. The number of hydrogen-bond donors (Lipinski definition) is 0. The molecule has 0 N–H and O–H groups in total. The van der Waals surface area contributed by atoms with Crippen LogP contribution in [-0.4, -0.2) is 5.78 Å². The number of halogens is 1. The van der Waals surface area contributed by atoms with E-state index in [1.165, 1.54) is 11.3 Å². The first-order chi connectivity index (χ1) is 9.10. The Morgan fingerprint density at radius 2 is 2.16 bits per heavy atom. The molecule has 4 heteroatoms. The second-order valence-electron chi connectivity index (χ2n) is 4.01. The zero-order valence-electron chi connectivity index (χ0n) is 10.2. The van der Waals surface area contributed by atoms with Crippen LogP contribution in [0, 0.1) is 18.3 Å². The Bertz CT molecular complexity index is 694. The molecule has 0 bridgehead atoms. The van der Waals surface area contributed by atoms with E-state index in [0.29, 0.717) is 5.56 Å². The fourth-order valence-electron chi connectivity index (χ4n) is 1.64. The SMILES string of the molecule is Cc1cccc(C(=O)/C(C#N)=C/c2ccc(Br)s2)c1. The van der Waals surface area contributed by atoms with E-state index >= 15 is 0 Å². The van der Waals surface area contributed by atoms with Crippen LogP contribution in [0.15, 0.2) is 45.8 Å². The minimum Gasteiger partial charge on any atom is -0.288 e. The van der Waals surface area contributed by atoms with E-state index in [2.05, 4.69) is 15.9 Å². The van der Waals surface area contributed by atoms with E-state index in [4.69, 9.17) is 5.26 Å². The predicted molar refractivity (Wildman–Crippen MR) is 81.1 cm³/mol. The van der Waals surface area contributed by atoms with Gasteiger partial charge in [-0.25, -0.2) is 0 Å². The molecule has 0 aliphatic rings. The second kappa shape index (κ2) is 5.96. The first kappa shape index (κ1) is 13.7. The van der Waals surface area contributed by atoms with Gasteiger partial charge in [0.15, 0.2) is 0 Å². The molecule has 0 aliphatic heterocycles. The van der Waals surface area contributed by atoms with Crippen molar-refractivity contribution < 1.29 is 4.79 Å². The first-order valence-electron chi connectivity index (χ1n) is 5.58. The number of ketones is 1. The number of allylic oxidation sites excluding steroid dienone is 1. The fraction of sp³-hybridized carbons (Fsp3) is 0.0667. The summed E-state index contributed by atoms with van der Waals surface area (Å²) in [5.74, 6) is -0.240. The number of rotatable bonds is 3. The lowest BCUT2D eigenvalue weighted by atomic mass is 10.0. The summed E-state index contributed by atoms with van der Waals surface area (Å²) in [5, 5.41) is 9.15. The number of nitriles is 1. The average Bonchev–Trinajstić information content (AvgIpc) is 2.81. The standard InChI is InChI=1S/C15H10BrNOS/c1-10-3-2-4-11(7-10)15(18)12(9-17)8-13-5-6-14(16)19-13/h2-8H,1H3/b12-8+. The highest BCUT2D eigenvalue weighted by Crippen LogP contribution is 2.24. The Morgan fingerprint density at radius 3 is 2.74 bits per heavy atom. The topological polar surface area (TPSA) is 40.9 Å². The number of aryl methyl sites for hydroxylation is 1. The van der Waals surface area contributed by atoms with E-state index in [-0.39, 0.29) is 11.4 Å². The van der Waals surface area contributed by atoms with Gasteiger partial charge in [-0.3, -0.25) is 4.79 Å². The molecule has 2 nitrogen and oxygen atoms in total. The van der Waals surface area contributed by atoms with Gasteiger partial charge in [-0.15, -0.1) is 11.3 Å². The summed E-state index contributed by atoms with van der Waals surface area (Å²) in [4.78, 5) is 13.1. The van der Waals surface area contributed by atoms with Gasteiger partial charge < -0.3 is 0 Å². The van der Waals surface area contributed by atoms with E-state index in [9.17, 15) is 4.79 Å². The fourth-order valence-corrected chi connectivity index (χ4v) is 3.01. The van der Waals surface area contributed by atoms with Crippen LogP contribution in [0.1, 0.15) is 20.8 Å².